The first-order chi connectivity index (χ1) is 4.09. The number of aldehydes is 1. The van der Waals surface area contributed by atoms with E-state index in [0.717, 1.165) is 0 Å². The summed E-state index contributed by atoms with van der Waals surface area (Å²) in [5.74, 6) is -1.09. The molecule has 3 nitrogen and oxygen atoms in total. The van der Waals surface area contributed by atoms with E-state index in [9.17, 15) is 9.59 Å². The third kappa shape index (κ3) is 2.41. The third-order valence-corrected chi connectivity index (χ3v) is 1.56. The lowest BCUT2D eigenvalue weighted by atomic mass is 10.3. The summed E-state index contributed by atoms with van der Waals surface area (Å²) in [6.45, 7) is 1.35. The number of halogens is 1. The van der Waals surface area contributed by atoms with Gasteiger partial charge in [0.25, 0.3) is 0 Å². The minimum Gasteiger partial charge on any atom is -0.478 e. The van der Waals surface area contributed by atoms with Crippen LogP contribution in [0.1, 0.15) is 6.92 Å². The van der Waals surface area contributed by atoms with Crippen molar-refractivity contribution in [3.63, 3.8) is 0 Å². The SMILES string of the molecule is C/C(C(=O)O)=C(/Br)C=O. The van der Waals surface area contributed by atoms with Gasteiger partial charge in [-0.05, 0) is 22.9 Å². The standard InChI is InChI=1S/C5H5BrO3/c1-3(5(8)9)4(6)2-7/h2H,1H3,(H,8,9)/b4-3-. The van der Waals surface area contributed by atoms with Gasteiger partial charge in [0.15, 0.2) is 6.29 Å². The summed E-state index contributed by atoms with van der Waals surface area (Å²) in [5.41, 5.74) is 0.0185. The topological polar surface area (TPSA) is 54.4 Å². The number of carboxylic acid groups (broad SMARTS) is 1. The van der Waals surface area contributed by atoms with E-state index in [1.54, 1.807) is 0 Å². The molecule has 0 fully saturated rings. The first kappa shape index (κ1) is 8.36. The van der Waals surface area contributed by atoms with Crippen molar-refractivity contribution in [1.82, 2.24) is 0 Å². The number of carboxylic acids is 1. The Morgan fingerprint density at radius 3 is 2.22 bits per heavy atom. The van der Waals surface area contributed by atoms with E-state index in [0.29, 0.717) is 6.29 Å². The molecular weight excluding hydrogens is 188 g/mol. The zero-order chi connectivity index (χ0) is 7.44. The van der Waals surface area contributed by atoms with E-state index < -0.39 is 5.97 Å². The molecule has 0 aromatic heterocycles. The minimum atomic E-state index is -1.09. The molecule has 0 aliphatic carbocycles. The average molecular weight is 193 g/mol. The van der Waals surface area contributed by atoms with Gasteiger partial charge in [-0.2, -0.15) is 0 Å². The normalized spacial score (nSPS) is 12.2. The van der Waals surface area contributed by atoms with Crippen LogP contribution in [0.25, 0.3) is 0 Å². The van der Waals surface area contributed by atoms with Crippen molar-refractivity contribution in [2.45, 2.75) is 6.92 Å². The molecule has 0 spiro atoms. The van der Waals surface area contributed by atoms with Gasteiger partial charge < -0.3 is 5.11 Å². The van der Waals surface area contributed by atoms with Crippen molar-refractivity contribution in [2.75, 3.05) is 0 Å². The molecule has 0 saturated carbocycles. The summed E-state index contributed by atoms with van der Waals surface area (Å²) in [5, 5.41) is 8.24. The maximum absolute atomic E-state index is 10.1. The Labute approximate surface area is 60.5 Å². The lowest BCUT2D eigenvalue weighted by Crippen LogP contribution is -1.98. The van der Waals surface area contributed by atoms with Crippen molar-refractivity contribution >= 4 is 28.2 Å². The molecule has 4 heteroatoms. The molecule has 0 aromatic rings. The summed E-state index contributed by atoms with van der Waals surface area (Å²) >= 11 is 2.77. The predicted molar refractivity (Wildman–Crippen MR) is 35.3 cm³/mol. The maximum atomic E-state index is 10.1. The number of rotatable bonds is 2. The van der Waals surface area contributed by atoms with Gasteiger partial charge in [-0.15, -0.1) is 0 Å². The van der Waals surface area contributed by atoms with Crippen LogP contribution in [0.4, 0.5) is 0 Å². The molecule has 0 radical (unpaired) electrons. The average Bonchev–Trinajstić information content (AvgIpc) is 1.84. The van der Waals surface area contributed by atoms with E-state index >= 15 is 0 Å². The van der Waals surface area contributed by atoms with E-state index in [2.05, 4.69) is 15.9 Å². The molecule has 0 aliphatic heterocycles. The van der Waals surface area contributed by atoms with Crippen LogP contribution < -0.4 is 0 Å². The molecule has 0 heterocycles. The van der Waals surface area contributed by atoms with Gasteiger partial charge >= 0.3 is 5.97 Å². The summed E-state index contributed by atoms with van der Waals surface area (Å²) in [4.78, 5) is 19.9. The van der Waals surface area contributed by atoms with E-state index in [-0.39, 0.29) is 10.1 Å². The van der Waals surface area contributed by atoms with Gasteiger partial charge in [0.2, 0.25) is 0 Å². The highest BCUT2D eigenvalue weighted by Gasteiger charge is 2.03. The monoisotopic (exact) mass is 192 g/mol. The molecule has 0 aromatic carbocycles. The first-order valence-electron chi connectivity index (χ1n) is 2.14. The number of carbonyl (C=O) groups excluding carboxylic acids is 1. The number of aliphatic carboxylic acids is 1. The zero-order valence-electron chi connectivity index (χ0n) is 4.72. The van der Waals surface area contributed by atoms with Crippen LogP contribution in [0.15, 0.2) is 10.1 Å². The van der Waals surface area contributed by atoms with E-state index in [1.165, 1.54) is 6.92 Å². The number of carbonyl (C=O) groups is 2. The number of hydrogen-bond donors (Lipinski definition) is 1. The first-order valence-corrected chi connectivity index (χ1v) is 2.93. The molecule has 0 atom stereocenters. The lowest BCUT2D eigenvalue weighted by Gasteiger charge is -1.89. The van der Waals surface area contributed by atoms with Crippen LogP contribution >= 0.6 is 15.9 Å². The number of allylic oxidation sites excluding steroid dienone is 1. The Balaban J connectivity index is 4.47. The molecule has 0 bridgehead atoms. The van der Waals surface area contributed by atoms with Crippen molar-refractivity contribution in [2.24, 2.45) is 0 Å². The van der Waals surface area contributed by atoms with Gasteiger partial charge in [-0.1, -0.05) is 0 Å². The minimum absolute atomic E-state index is 0.0185. The van der Waals surface area contributed by atoms with E-state index in [1.807, 2.05) is 0 Å². The van der Waals surface area contributed by atoms with Gasteiger partial charge in [-0.3, -0.25) is 4.79 Å². The predicted octanol–water partition coefficient (Wildman–Crippen LogP) is 0.939. The van der Waals surface area contributed by atoms with Crippen molar-refractivity contribution in [3.05, 3.63) is 10.1 Å². The second-order valence-electron chi connectivity index (χ2n) is 1.40. The van der Waals surface area contributed by atoms with Crippen molar-refractivity contribution < 1.29 is 14.7 Å². The summed E-state index contributed by atoms with van der Waals surface area (Å²) in [6, 6.07) is 0. The molecule has 0 unspecified atom stereocenters. The fourth-order valence-electron chi connectivity index (χ4n) is 0.191. The highest BCUT2D eigenvalue weighted by molar-refractivity contribution is 9.12. The van der Waals surface area contributed by atoms with Gasteiger partial charge in [0.05, 0.1) is 10.1 Å². The second-order valence-corrected chi connectivity index (χ2v) is 2.25. The Hall–Kier alpha value is -0.640. The molecule has 0 rings (SSSR count). The highest BCUT2D eigenvalue weighted by atomic mass is 79.9. The zero-order valence-corrected chi connectivity index (χ0v) is 6.31. The van der Waals surface area contributed by atoms with Crippen LogP contribution in [-0.2, 0) is 9.59 Å². The second kappa shape index (κ2) is 3.40. The molecular formula is C5H5BrO3. The molecule has 0 amide bonds. The fraction of sp³-hybridized carbons (Fsp3) is 0.200. The Kier molecular flexibility index (Phi) is 3.16. The van der Waals surface area contributed by atoms with Crippen LogP contribution in [0.3, 0.4) is 0 Å². The fourth-order valence-corrected chi connectivity index (χ4v) is 0.360. The van der Waals surface area contributed by atoms with Gasteiger partial charge in [0.1, 0.15) is 0 Å². The summed E-state index contributed by atoms with van der Waals surface area (Å²) < 4.78 is 0.0787. The van der Waals surface area contributed by atoms with Crippen LogP contribution in [-0.4, -0.2) is 17.4 Å². The smallest absolute Gasteiger partial charge is 0.332 e. The molecule has 0 aliphatic rings. The van der Waals surface area contributed by atoms with Crippen LogP contribution in [0.2, 0.25) is 0 Å². The highest BCUT2D eigenvalue weighted by Crippen LogP contribution is 2.07. The lowest BCUT2D eigenvalue weighted by molar-refractivity contribution is -0.132. The molecule has 1 N–H and O–H groups in total. The van der Waals surface area contributed by atoms with Crippen molar-refractivity contribution in [1.29, 1.82) is 0 Å². The third-order valence-electron chi connectivity index (χ3n) is 0.783. The Morgan fingerprint density at radius 2 is 2.11 bits per heavy atom. The largest absolute Gasteiger partial charge is 0.478 e. The number of hydrogen-bond acceptors (Lipinski definition) is 2. The Morgan fingerprint density at radius 1 is 1.67 bits per heavy atom. The molecule has 9 heavy (non-hydrogen) atoms. The van der Waals surface area contributed by atoms with E-state index in [4.69, 9.17) is 5.11 Å². The maximum Gasteiger partial charge on any atom is 0.332 e. The molecule has 0 saturated heterocycles. The quantitative estimate of drug-likeness (QED) is 0.524. The summed E-state index contributed by atoms with van der Waals surface area (Å²) in [7, 11) is 0. The Bertz CT molecular complexity index is 171. The van der Waals surface area contributed by atoms with Crippen LogP contribution in [0, 0.1) is 0 Å². The summed E-state index contributed by atoms with van der Waals surface area (Å²) in [6.07, 6.45) is 0.448. The van der Waals surface area contributed by atoms with Crippen molar-refractivity contribution in [3.8, 4) is 0 Å². The van der Waals surface area contributed by atoms with Crippen LogP contribution in [0.5, 0.6) is 0 Å². The van der Waals surface area contributed by atoms with Gasteiger partial charge in [0, 0.05) is 0 Å². The van der Waals surface area contributed by atoms with Gasteiger partial charge in [-0.25, -0.2) is 4.79 Å². The molecule has 50 valence electrons.